The van der Waals surface area contributed by atoms with Gasteiger partial charge < -0.3 is 34.3 Å². The Morgan fingerprint density at radius 1 is 1.04 bits per heavy atom. The SMILES string of the molecule is [2H]C([2H])([2H])N(C(=O)/C=C/CC[C@H](NC(=O)OC)C(=O)Nc1cccn(Cc2cc3cc(F)cc(OCc4ccc(F)cc4F)c3n2C(=O)OC(C)(C)C)c1=O)C([2H])([2H])[2H]. The molecule has 0 unspecified atom stereocenters. The lowest BCUT2D eigenvalue weighted by Crippen LogP contribution is -2.44. The van der Waals surface area contributed by atoms with Crippen molar-refractivity contribution in [2.75, 3.05) is 26.4 Å². The first-order valence-electron chi connectivity index (χ1n) is 18.9. The summed E-state index contributed by atoms with van der Waals surface area (Å²) in [5, 5.41) is 4.83. The molecular weight excluding hydrogens is 699 g/mol. The predicted octanol–water partition coefficient (Wildman–Crippen LogP) is 5.72. The number of likely N-dealkylation sites (N-methyl/N-ethyl adjacent to an activating group) is 1. The number of anilines is 1. The van der Waals surface area contributed by atoms with Gasteiger partial charge in [0.15, 0.2) is 0 Å². The molecule has 0 saturated heterocycles. The molecule has 0 aliphatic heterocycles. The van der Waals surface area contributed by atoms with Crippen LogP contribution in [0.5, 0.6) is 5.75 Å². The second-order valence-electron chi connectivity index (χ2n) is 12.5. The Labute approximate surface area is 311 Å². The lowest BCUT2D eigenvalue weighted by molar-refractivity contribution is -0.123. The first-order chi connectivity index (χ1) is 27.4. The van der Waals surface area contributed by atoms with E-state index in [2.05, 4.69) is 15.4 Å². The van der Waals surface area contributed by atoms with E-state index >= 15 is 0 Å². The molecular formula is C37H40F3N5O8. The predicted molar refractivity (Wildman–Crippen MR) is 189 cm³/mol. The Bertz CT molecular complexity index is 2310. The number of nitrogens with one attached hydrogen (secondary N) is 2. The van der Waals surface area contributed by atoms with Gasteiger partial charge in [0.25, 0.3) is 5.56 Å². The molecule has 2 aromatic carbocycles. The van der Waals surface area contributed by atoms with E-state index in [9.17, 15) is 37.1 Å². The zero-order chi connectivity index (χ0) is 44.0. The van der Waals surface area contributed by atoms with Crippen molar-refractivity contribution in [2.45, 2.75) is 58.4 Å². The molecule has 2 N–H and O–H groups in total. The third-order valence-electron chi connectivity index (χ3n) is 7.38. The standard InChI is InChI=1S/C37H40F3N5O8/c1-37(2,3)53-36(50)45-26(17-23-16-25(39)19-30(32(23)45)52-21-22-13-14-24(38)18-27(22)40)20-44-15-9-11-29(34(44)48)41-33(47)28(42-35(49)51-6)10-7-8-12-31(46)43(4)5/h8-9,11-19,28H,7,10,20-21H2,1-6H3,(H,41,47)(H,42,49)/b12-8+/t28-/m0/s1/i4D3,5D3. The number of amides is 3. The number of nitrogens with zero attached hydrogens (tertiary/aromatic N) is 3. The molecule has 0 radical (unpaired) electrons. The van der Waals surface area contributed by atoms with Crippen LogP contribution in [0.1, 0.15) is 53.1 Å². The third kappa shape index (κ3) is 10.5. The summed E-state index contributed by atoms with van der Waals surface area (Å²) in [6.45, 7) is -2.58. The number of halogens is 3. The van der Waals surface area contributed by atoms with Gasteiger partial charge in [-0.1, -0.05) is 6.08 Å². The lowest BCUT2D eigenvalue weighted by atomic mass is 10.1. The van der Waals surface area contributed by atoms with Crippen molar-refractivity contribution in [3.05, 3.63) is 106 Å². The van der Waals surface area contributed by atoms with Crippen LogP contribution in [0.3, 0.4) is 0 Å². The number of ether oxygens (including phenoxy) is 3. The van der Waals surface area contributed by atoms with Crippen LogP contribution in [0.15, 0.2) is 71.7 Å². The number of methoxy groups -OCH3 is 1. The molecule has 282 valence electrons. The van der Waals surface area contributed by atoms with Crippen LogP contribution in [-0.4, -0.2) is 70.7 Å². The van der Waals surface area contributed by atoms with Gasteiger partial charge in [0.2, 0.25) is 11.8 Å². The quantitative estimate of drug-likeness (QED) is 0.175. The van der Waals surface area contributed by atoms with Gasteiger partial charge in [-0.3, -0.25) is 14.4 Å². The number of fused-ring (bicyclic) bond motifs is 1. The Morgan fingerprint density at radius 3 is 2.47 bits per heavy atom. The Morgan fingerprint density at radius 2 is 1.79 bits per heavy atom. The largest absolute Gasteiger partial charge is 0.486 e. The number of carbonyl (C=O) groups is 4. The molecule has 0 saturated carbocycles. The van der Waals surface area contributed by atoms with Crippen LogP contribution in [0.2, 0.25) is 0 Å². The molecule has 0 spiro atoms. The number of benzene rings is 2. The summed E-state index contributed by atoms with van der Waals surface area (Å²) in [7, 11) is 1.03. The van der Waals surface area contributed by atoms with Crippen LogP contribution < -0.4 is 20.9 Å². The van der Waals surface area contributed by atoms with Gasteiger partial charge in [-0.05, 0) is 76.1 Å². The van der Waals surface area contributed by atoms with Crippen molar-refractivity contribution in [3.8, 4) is 5.75 Å². The second kappa shape index (κ2) is 17.0. The number of hydrogen-bond donors (Lipinski definition) is 2. The van der Waals surface area contributed by atoms with Gasteiger partial charge >= 0.3 is 12.2 Å². The molecule has 53 heavy (non-hydrogen) atoms. The molecule has 4 aromatic rings. The molecule has 4 rings (SSSR count). The monoisotopic (exact) mass is 745 g/mol. The van der Waals surface area contributed by atoms with E-state index in [0.29, 0.717) is 12.1 Å². The number of rotatable bonds is 12. The van der Waals surface area contributed by atoms with E-state index in [1.165, 1.54) is 24.4 Å². The van der Waals surface area contributed by atoms with Gasteiger partial charge in [-0.15, -0.1) is 0 Å². The van der Waals surface area contributed by atoms with Gasteiger partial charge in [-0.2, -0.15) is 0 Å². The zero-order valence-corrected chi connectivity index (χ0v) is 29.0. The van der Waals surface area contributed by atoms with Crippen LogP contribution in [-0.2, 0) is 32.2 Å². The van der Waals surface area contributed by atoms with Crippen LogP contribution in [0.25, 0.3) is 10.9 Å². The minimum Gasteiger partial charge on any atom is -0.486 e. The first kappa shape index (κ1) is 31.7. The highest BCUT2D eigenvalue weighted by molar-refractivity contribution is 5.97. The topological polar surface area (TPSA) is 150 Å². The summed E-state index contributed by atoms with van der Waals surface area (Å²) >= 11 is 0. The molecule has 0 aliphatic carbocycles. The number of hydrogen-bond acceptors (Lipinski definition) is 8. The molecule has 0 bridgehead atoms. The average Bonchev–Trinajstić information content (AvgIpc) is 3.46. The van der Waals surface area contributed by atoms with Crippen LogP contribution in [0, 0.1) is 17.5 Å². The highest BCUT2D eigenvalue weighted by Crippen LogP contribution is 2.33. The molecule has 13 nitrogen and oxygen atoms in total. The van der Waals surface area contributed by atoms with Crippen molar-refractivity contribution < 1.29 is 54.8 Å². The normalized spacial score (nSPS) is 14.2. The van der Waals surface area contributed by atoms with E-state index in [1.54, 1.807) is 20.8 Å². The van der Waals surface area contributed by atoms with Crippen molar-refractivity contribution >= 4 is 40.6 Å². The Balaban J connectivity index is 1.64. The molecule has 2 heterocycles. The first-order valence-corrected chi connectivity index (χ1v) is 15.9. The van der Waals surface area contributed by atoms with E-state index < -0.39 is 79.2 Å². The Hall–Kier alpha value is -6.06. The smallest absolute Gasteiger partial charge is 0.419 e. The van der Waals surface area contributed by atoms with E-state index in [0.717, 1.165) is 46.6 Å². The van der Waals surface area contributed by atoms with E-state index in [-0.39, 0.29) is 57.9 Å². The van der Waals surface area contributed by atoms with Crippen LogP contribution in [0.4, 0.5) is 28.4 Å². The highest BCUT2D eigenvalue weighted by atomic mass is 19.1. The molecule has 3 amide bonds. The van der Waals surface area contributed by atoms with Gasteiger partial charge in [0.1, 0.15) is 52.7 Å². The summed E-state index contributed by atoms with van der Waals surface area (Å²) in [4.78, 5) is 65.2. The zero-order valence-electron chi connectivity index (χ0n) is 35.0. The fourth-order valence-electron chi connectivity index (χ4n) is 5.01. The molecule has 16 heteroatoms. The fraction of sp³-hybridized carbons (Fsp3) is 0.324. The average molecular weight is 746 g/mol. The summed E-state index contributed by atoms with van der Waals surface area (Å²) in [5.41, 5.74) is -2.08. The number of aromatic nitrogens is 2. The number of allylic oxidation sites excluding steroid dienone is 1. The molecule has 0 fully saturated rings. The minimum atomic E-state index is -3.28. The van der Waals surface area contributed by atoms with Gasteiger partial charge in [-0.25, -0.2) is 27.3 Å². The van der Waals surface area contributed by atoms with Crippen molar-refractivity contribution in [2.24, 2.45) is 0 Å². The van der Waals surface area contributed by atoms with E-state index in [4.69, 9.17) is 17.7 Å². The Kier molecular flexibility index (Phi) is 10.1. The molecule has 1 atom stereocenters. The summed E-state index contributed by atoms with van der Waals surface area (Å²) in [5.74, 6) is -5.00. The lowest BCUT2D eigenvalue weighted by Gasteiger charge is -2.22. The molecule has 0 aliphatic rings. The summed E-state index contributed by atoms with van der Waals surface area (Å²) in [6.07, 6.45) is 0.756. The molecule has 2 aromatic heterocycles. The van der Waals surface area contributed by atoms with Crippen molar-refractivity contribution in [1.29, 1.82) is 0 Å². The maximum Gasteiger partial charge on any atom is 0.419 e. The second-order valence-corrected chi connectivity index (χ2v) is 12.5. The number of alkyl carbamates (subject to hydrolysis) is 1. The van der Waals surface area contributed by atoms with Crippen molar-refractivity contribution in [1.82, 2.24) is 19.4 Å². The maximum atomic E-state index is 14.9. The minimum absolute atomic E-state index is 0.00710. The van der Waals surface area contributed by atoms with Crippen LogP contribution >= 0.6 is 0 Å². The fourth-order valence-corrected chi connectivity index (χ4v) is 5.01. The highest BCUT2D eigenvalue weighted by Gasteiger charge is 2.26. The van der Waals surface area contributed by atoms with Gasteiger partial charge in [0, 0.05) is 51.5 Å². The van der Waals surface area contributed by atoms with Crippen molar-refractivity contribution in [3.63, 3.8) is 0 Å². The maximum absolute atomic E-state index is 14.9. The summed E-state index contributed by atoms with van der Waals surface area (Å²) in [6, 6.07) is 7.52. The summed E-state index contributed by atoms with van der Waals surface area (Å²) < 4.78 is 105. The van der Waals surface area contributed by atoms with E-state index in [1.807, 2.05) is 0 Å². The number of carbonyl (C=O) groups excluding carboxylic acids is 4. The van der Waals surface area contributed by atoms with Gasteiger partial charge in [0.05, 0.1) is 19.3 Å². The number of pyridine rings is 1. The third-order valence-corrected chi connectivity index (χ3v) is 7.38.